The number of esters is 1. The summed E-state index contributed by atoms with van der Waals surface area (Å²) in [5.41, 5.74) is 0.947. The number of fused-ring (bicyclic) bond motifs is 10. The van der Waals surface area contributed by atoms with Crippen molar-refractivity contribution in [3.8, 4) is 0 Å². The number of carbonyl (C=O) groups excluding carboxylic acids is 1. The fourth-order valence-corrected chi connectivity index (χ4v) is 9.71. The van der Waals surface area contributed by atoms with Crippen LogP contribution in [0.4, 0.5) is 0 Å². The van der Waals surface area contributed by atoms with Gasteiger partial charge in [-0.15, -0.1) is 0 Å². The molecule has 1 unspecified atom stereocenters. The topological polar surface area (TPSA) is 66.5 Å². The molecular formula is C29H42O6. The number of carbonyl (C=O) groups is 1. The molecule has 4 heterocycles. The summed E-state index contributed by atoms with van der Waals surface area (Å²) < 4.78 is 31.4. The molecule has 0 aromatic carbocycles. The van der Waals surface area contributed by atoms with Crippen LogP contribution in [0.3, 0.4) is 0 Å². The summed E-state index contributed by atoms with van der Waals surface area (Å²) in [6.07, 6.45) is 8.67. The molecule has 35 heavy (non-hydrogen) atoms. The van der Waals surface area contributed by atoms with Crippen LogP contribution in [0.5, 0.6) is 0 Å². The number of rotatable bonds is 2. The van der Waals surface area contributed by atoms with Gasteiger partial charge >= 0.3 is 5.97 Å². The molecule has 12 atom stereocenters. The summed E-state index contributed by atoms with van der Waals surface area (Å²) in [5.74, 6) is 1.03. The minimum atomic E-state index is -0.964. The van der Waals surface area contributed by atoms with Gasteiger partial charge in [0.15, 0.2) is 0 Å². The van der Waals surface area contributed by atoms with E-state index < -0.39 is 5.97 Å². The van der Waals surface area contributed by atoms with E-state index >= 15 is 0 Å². The molecule has 7 aliphatic rings. The molecule has 6 heteroatoms. The van der Waals surface area contributed by atoms with Crippen LogP contribution in [0.25, 0.3) is 0 Å². The molecule has 6 fully saturated rings. The van der Waals surface area contributed by atoms with E-state index in [1.165, 1.54) is 18.4 Å². The SMILES string of the molecule is C[C@@H]([C@H]1CC[C@H]2[C@H]3C(=CC[C@]12C)[C@@]1(C)CCC(=O)O[C@H]1[C@H]1O[C@H]13)[C@H]1C[C@]2(C)OC(C)(O1)OC2(C)C. The lowest BCUT2D eigenvalue weighted by molar-refractivity contribution is -0.385. The number of hydrogen-bond acceptors (Lipinski definition) is 6. The highest BCUT2D eigenvalue weighted by Crippen LogP contribution is 2.69. The molecule has 2 saturated carbocycles. The second-order valence-electron chi connectivity index (χ2n) is 14.1. The van der Waals surface area contributed by atoms with Crippen molar-refractivity contribution in [1.29, 1.82) is 0 Å². The van der Waals surface area contributed by atoms with E-state index in [2.05, 4.69) is 47.6 Å². The van der Waals surface area contributed by atoms with Crippen molar-refractivity contribution in [2.75, 3.05) is 0 Å². The fourth-order valence-electron chi connectivity index (χ4n) is 9.71. The quantitative estimate of drug-likeness (QED) is 0.306. The summed E-state index contributed by atoms with van der Waals surface area (Å²) in [6.45, 7) is 15.6. The third-order valence-corrected chi connectivity index (χ3v) is 11.9. The fraction of sp³-hybridized carbons (Fsp3) is 0.897. The van der Waals surface area contributed by atoms with Crippen LogP contribution >= 0.6 is 0 Å². The molecular weight excluding hydrogens is 444 g/mol. The van der Waals surface area contributed by atoms with Gasteiger partial charge in [0.2, 0.25) is 0 Å². The second kappa shape index (κ2) is 6.73. The Balaban J connectivity index is 1.18. The number of hydrogen-bond donors (Lipinski definition) is 0. The van der Waals surface area contributed by atoms with Gasteiger partial charge in [-0.3, -0.25) is 4.79 Å². The number of allylic oxidation sites excluding steroid dienone is 1. The predicted molar refractivity (Wildman–Crippen MR) is 128 cm³/mol. The highest BCUT2D eigenvalue weighted by Gasteiger charge is 2.71. The Morgan fingerprint density at radius 2 is 1.80 bits per heavy atom. The molecule has 4 saturated heterocycles. The van der Waals surface area contributed by atoms with Gasteiger partial charge < -0.3 is 23.7 Å². The highest BCUT2D eigenvalue weighted by molar-refractivity contribution is 5.71. The number of ether oxygens (including phenoxy) is 5. The first-order chi connectivity index (χ1) is 16.3. The first-order valence-corrected chi connectivity index (χ1v) is 13.9. The van der Waals surface area contributed by atoms with Crippen LogP contribution in [-0.2, 0) is 28.5 Å². The van der Waals surface area contributed by atoms with Crippen molar-refractivity contribution in [3.05, 3.63) is 11.6 Å². The average Bonchev–Trinajstić information content (AvgIpc) is 3.44. The number of epoxide rings is 1. The normalized spacial score (nSPS) is 58.3. The summed E-state index contributed by atoms with van der Waals surface area (Å²) in [4.78, 5) is 12.1. The maximum Gasteiger partial charge on any atom is 0.306 e. The van der Waals surface area contributed by atoms with Gasteiger partial charge in [-0.2, -0.15) is 0 Å². The first-order valence-electron chi connectivity index (χ1n) is 13.9. The third kappa shape index (κ3) is 2.89. The van der Waals surface area contributed by atoms with E-state index in [9.17, 15) is 4.79 Å². The van der Waals surface area contributed by atoms with Gasteiger partial charge in [0.1, 0.15) is 17.8 Å². The lowest BCUT2D eigenvalue weighted by atomic mass is 9.51. The Hall–Kier alpha value is -0.950. The lowest BCUT2D eigenvalue weighted by Gasteiger charge is -2.54. The van der Waals surface area contributed by atoms with Crippen LogP contribution in [0.2, 0.25) is 0 Å². The standard InChI is InChI=1S/C29H42O6/c1-15(19-14-28(6)25(2,3)34-29(7,33-19)35-28)16-8-9-17-21-18(10-12-26(16,17)4)27(5)13-11-20(30)31-24(27)23-22(21)32-23/h10,15-17,19,21-24H,8-9,11-14H2,1-7H3/t15-,16+,17-,19+,21-,22-,23-,24-,26+,27+,28-,29?/m0/s1. The molecule has 0 aromatic heterocycles. The Kier molecular flexibility index (Phi) is 4.46. The molecule has 0 aromatic rings. The van der Waals surface area contributed by atoms with Gasteiger partial charge in [0, 0.05) is 31.1 Å². The van der Waals surface area contributed by atoms with Gasteiger partial charge in [-0.05, 0) is 69.6 Å². The first kappa shape index (κ1) is 23.2. The van der Waals surface area contributed by atoms with E-state index in [0.29, 0.717) is 30.1 Å². The van der Waals surface area contributed by atoms with Crippen LogP contribution in [0.15, 0.2) is 11.6 Å². The Bertz CT molecular complexity index is 1000. The monoisotopic (exact) mass is 486 g/mol. The maximum absolute atomic E-state index is 12.1. The van der Waals surface area contributed by atoms with E-state index in [-0.39, 0.29) is 52.4 Å². The summed E-state index contributed by atoms with van der Waals surface area (Å²) >= 11 is 0. The van der Waals surface area contributed by atoms with Crippen molar-refractivity contribution < 1.29 is 28.5 Å². The molecule has 0 spiro atoms. The van der Waals surface area contributed by atoms with Gasteiger partial charge in [-0.25, -0.2) is 0 Å². The van der Waals surface area contributed by atoms with E-state index in [1.807, 2.05) is 6.92 Å². The van der Waals surface area contributed by atoms with Gasteiger partial charge in [0.25, 0.3) is 5.97 Å². The molecule has 2 bridgehead atoms. The summed E-state index contributed by atoms with van der Waals surface area (Å²) in [6, 6.07) is 0. The minimum Gasteiger partial charge on any atom is -0.459 e. The summed E-state index contributed by atoms with van der Waals surface area (Å²) in [5, 5.41) is 0. The van der Waals surface area contributed by atoms with Crippen molar-refractivity contribution in [2.24, 2.45) is 34.5 Å². The molecule has 0 N–H and O–H groups in total. The third-order valence-electron chi connectivity index (χ3n) is 11.9. The Morgan fingerprint density at radius 3 is 2.54 bits per heavy atom. The van der Waals surface area contributed by atoms with Crippen LogP contribution in [0.1, 0.15) is 87.0 Å². The van der Waals surface area contributed by atoms with E-state index in [0.717, 1.165) is 19.3 Å². The molecule has 3 aliphatic carbocycles. The van der Waals surface area contributed by atoms with Crippen molar-refractivity contribution in [2.45, 2.75) is 129 Å². The molecule has 0 amide bonds. The molecule has 4 aliphatic heterocycles. The van der Waals surface area contributed by atoms with Crippen molar-refractivity contribution in [3.63, 3.8) is 0 Å². The lowest BCUT2D eigenvalue weighted by Crippen LogP contribution is -2.56. The molecule has 194 valence electrons. The molecule has 7 rings (SSSR count). The zero-order valence-corrected chi connectivity index (χ0v) is 22.4. The minimum absolute atomic E-state index is 0.0591. The van der Waals surface area contributed by atoms with Gasteiger partial charge in [0.05, 0.1) is 17.8 Å². The average molecular weight is 487 g/mol. The molecule has 6 nitrogen and oxygen atoms in total. The van der Waals surface area contributed by atoms with Gasteiger partial charge in [-0.1, -0.05) is 32.4 Å². The van der Waals surface area contributed by atoms with Crippen molar-refractivity contribution >= 4 is 5.97 Å². The zero-order valence-electron chi connectivity index (χ0n) is 22.4. The predicted octanol–water partition coefficient (Wildman–Crippen LogP) is 5.14. The largest absolute Gasteiger partial charge is 0.459 e. The second-order valence-corrected chi connectivity index (χ2v) is 14.1. The van der Waals surface area contributed by atoms with Crippen molar-refractivity contribution in [1.82, 2.24) is 0 Å². The van der Waals surface area contributed by atoms with E-state index in [1.54, 1.807) is 0 Å². The smallest absolute Gasteiger partial charge is 0.306 e. The summed E-state index contributed by atoms with van der Waals surface area (Å²) in [7, 11) is 0. The maximum atomic E-state index is 12.1. The Labute approximate surface area is 209 Å². The van der Waals surface area contributed by atoms with Crippen LogP contribution < -0.4 is 0 Å². The zero-order chi connectivity index (χ0) is 24.8. The van der Waals surface area contributed by atoms with Crippen LogP contribution in [-0.4, -0.2) is 47.6 Å². The van der Waals surface area contributed by atoms with E-state index in [4.69, 9.17) is 23.7 Å². The Morgan fingerprint density at radius 1 is 1.03 bits per heavy atom. The van der Waals surface area contributed by atoms with Crippen LogP contribution in [0, 0.1) is 34.5 Å². The molecule has 0 radical (unpaired) electrons. The highest BCUT2D eigenvalue weighted by atomic mass is 16.9.